The normalized spacial score (nSPS) is 20.5. The van der Waals surface area contributed by atoms with Crippen molar-refractivity contribution in [2.45, 2.75) is 25.8 Å². The Balaban J connectivity index is 1.78. The fourth-order valence-electron chi connectivity index (χ4n) is 3.20. The first-order valence-electron chi connectivity index (χ1n) is 8.31. The number of non-ortho nitro benzene ring substituents is 1. The van der Waals surface area contributed by atoms with E-state index in [4.69, 9.17) is 5.73 Å². The molecule has 0 radical (unpaired) electrons. The van der Waals surface area contributed by atoms with Crippen molar-refractivity contribution in [1.82, 2.24) is 14.7 Å². The first kappa shape index (κ1) is 17.1. The maximum Gasteiger partial charge on any atom is 0.274 e. The minimum absolute atomic E-state index is 0.0143. The molecular weight excluding hydrogens is 322 g/mol. The first-order valence-corrected chi connectivity index (χ1v) is 8.31. The van der Waals surface area contributed by atoms with Gasteiger partial charge in [-0.15, -0.1) is 0 Å². The van der Waals surface area contributed by atoms with Crippen LogP contribution in [-0.4, -0.2) is 44.6 Å². The van der Waals surface area contributed by atoms with Gasteiger partial charge >= 0.3 is 0 Å². The number of hydrogen-bond acceptors (Lipinski definition) is 5. The summed E-state index contributed by atoms with van der Waals surface area (Å²) in [6.07, 6.45) is 3.55. The van der Waals surface area contributed by atoms with Gasteiger partial charge in [0.2, 0.25) is 0 Å². The molecule has 1 amide bonds. The standard InChI is InChI=1S/C17H21N5O3/c1-12-6-8-20(15(10-12)11-18)17(23)16-7-9-21(19-16)13-2-4-14(5-3-13)22(24)25/h2-5,7,9,12,15H,6,8,10-11,18H2,1H3. The van der Waals surface area contributed by atoms with Gasteiger partial charge in [-0.2, -0.15) is 5.10 Å². The predicted octanol–water partition coefficient (Wildman–Crippen LogP) is 1.98. The number of hydrogen-bond donors (Lipinski definition) is 1. The third-order valence-electron chi connectivity index (χ3n) is 4.64. The van der Waals surface area contributed by atoms with Crippen LogP contribution in [0.5, 0.6) is 0 Å². The molecule has 2 unspecified atom stereocenters. The zero-order chi connectivity index (χ0) is 18.0. The van der Waals surface area contributed by atoms with E-state index in [2.05, 4.69) is 12.0 Å². The third kappa shape index (κ3) is 3.53. The molecule has 1 aromatic heterocycles. The van der Waals surface area contributed by atoms with E-state index in [1.807, 2.05) is 4.90 Å². The number of benzene rings is 1. The van der Waals surface area contributed by atoms with Gasteiger partial charge in [0.05, 0.1) is 10.6 Å². The molecule has 0 bridgehead atoms. The van der Waals surface area contributed by atoms with Crippen molar-refractivity contribution in [3.05, 3.63) is 52.3 Å². The van der Waals surface area contributed by atoms with Crippen LogP contribution in [-0.2, 0) is 0 Å². The molecule has 0 saturated carbocycles. The quantitative estimate of drug-likeness (QED) is 0.674. The molecule has 1 saturated heterocycles. The number of nitrogens with two attached hydrogens (primary N) is 1. The Kier molecular flexibility index (Phi) is 4.80. The van der Waals surface area contributed by atoms with Gasteiger partial charge in [0.25, 0.3) is 11.6 Å². The number of aromatic nitrogens is 2. The van der Waals surface area contributed by atoms with Gasteiger partial charge < -0.3 is 10.6 Å². The van der Waals surface area contributed by atoms with Gasteiger partial charge in [-0.25, -0.2) is 4.68 Å². The molecule has 2 N–H and O–H groups in total. The maximum absolute atomic E-state index is 12.8. The Morgan fingerprint density at radius 2 is 2.08 bits per heavy atom. The molecule has 2 heterocycles. The average Bonchev–Trinajstić information content (AvgIpc) is 3.11. The number of nitro groups is 1. The summed E-state index contributed by atoms with van der Waals surface area (Å²) in [5.41, 5.74) is 6.86. The fraction of sp³-hybridized carbons (Fsp3) is 0.412. The van der Waals surface area contributed by atoms with Crippen molar-refractivity contribution >= 4 is 11.6 Å². The summed E-state index contributed by atoms with van der Waals surface area (Å²) >= 11 is 0. The van der Waals surface area contributed by atoms with E-state index in [0.29, 0.717) is 30.4 Å². The van der Waals surface area contributed by atoms with Crippen LogP contribution in [0.2, 0.25) is 0 Å². The second-order valence-electron chi connectivity index (χ2n) is 6.44. The number of carbonyl (C=O) groups excluding carboxylic acids is 1. The summed E-state index contributed by atoms with van der Waals surface area (Å²) < 4.78 is 1.54. The number of rotatable bonds is 4. The van der Waals surface area contributed by atoms with Crippen molar-refractivity contribution < 1.29 is 9.72 Å². The van der Waals surface area contributed by atoms with Gasteiger partial charge in [0, 0.05) is 37.5 Å². The van der Waals surface area contributed by atoms with Crippen molar-refractivity contribution in [3.63, 3.8) is 0 Å². The molecule has 2 aromatic rings. The van der Waals surface area contributed by atoms with Crippen LogP contribution in [0.3, 0.4) is 0 Å². The van der Waals surface area contributed by atoms with Crippen LogP contribution in [0.4, 0.5) is 5.69 Å². The number of nitro benzene ring substituents is 1. The van der Waals surface area contributed by atoms with Crippen LogP contribution >= 0.6 is 0 Å². The number of likely N-dealkylation sites (tertiary alicyclic amines) is 1. The van der Waals surface area contributed by atoms with Gasteiger partial charge in [-0.05, 0) is 37.0 Å². The summed E-state index contributed by atoms with van der Waals surface area (Å²) in [5, 5.41) is 15.1. The Morgan fingerprint density at radius 1 is 1.36 bits per heavy atom. The van der Waals surface area contributed by atoms with Crippen molar-refractivity contribution in [2.24, 2.45) is 11.7 Å². The minimum Gasteiger partial charge on any atom is -0.333 e. The highest BCUT2D eigenvalue weighted by Gasteiger charge is 2.30. The molecule has 8 nitrogen and oxygen atoms in total. The zero-order valence-electron chi connectivity index (χ0n) is 14.0. The van der Waals surface area contributed by atoms with Crippen LogP contribution < -0.4 is 5.73 Å². The number of piperidine rings is 1. The molecule has 0 spiro atoms. The molecule has 25 heavy (non-hydrogen) atoms. The molecule has 0 aliphatic carbocycles. The molecule has 132 valence electrons. The van der Waals surface area contributed by atoms with Crippen LogP contribution in [0, 0.1) is 16.0 Å². The SMILES string of the molecule is CC1CCN(C(=O)c2ccn(-c3ccc([N+](=O)[O-])cc3)n2)C(CN)C1. The van der Waals surface area contributed by atoms with Gasteiger partial charge in [-0.3, -0.25) is 14.9 Å². The topological polar surface area (TPSA) is 107 Å². The van der Waals surface area contributed by atoms with Gasteiger partial charge in [0.1, 0.15) is 0 Å². The Labute approximate surface area is 145 Å². The lowest BCUT2D eigenvalue weighted by Gasteiger charge is -2.37. The molecule has 8 heteroatoms. The lowest BCUT2D eigenvalue weighted by atomic mass is 9.92. The Bertz CT molecular complexity index is 771. The summed E-state index contributed by atoms with van der Waals surface area (Å²) in [7, 11) is 0. The number of carbonyl (C=O) groups is 1. The minimum atomic E-state index is -0.452. The Morgan fingerprint density at radius 3 is 2.72 bits per heavy atom. The second kappa shape index (κ2) is 7.02. The summed E-state index contributed by atoms with van der Waals surface area (Å²) in [5.74, 6) is 0.443. The van der Waals surface area contributed by atoms with E-state index in [1.54, 1.807) is 29.1 Å². The lowest BCUT2D eigenvalue weighted by molar-refractivity contribution is -0.384. The predicted molar refractivity (Wildman–Crippen MR) is 92.5 cm³/mol. The first-order chi connectivity index (χ1) is 12.0. The van der Waals surface area contributed by atoms with E-state index < -0.39 is 4.92 Å². The Hall–Kier alpha value is -2.74. The van der Waals surface area contributed by atoms with Crippen molar-refractivity contribution in [2.75, 3.05) is 13.1 Å². The van der Waals surface area contributed by atoms with Crippen LogP contribution in [0.15, 0.2) is 36.5 Å². The average molecular weight is 343 g/mol. The van der Waals surface area contributed by atoms with Crippen LogP contribution in [0.25, 0.3) is 5.69 Å². The molecule has 1 aliphatic rings. The molecule has 1 fully saturated rings. The molecular formula is C17H21N5O3. The van der Waals surface area contributed by atoms with E-state index in [1.165, 1.54) is 12.1 Å². The van der Waals surface area contributed by atoms with E-state index in [9.17, 15) is 14.9 Å². The van der Waals surface area contributed by atoms with Crippen molar-refractivity contribution in [1.29, 1.82) is 0 Å². The molecule has 1 aromatic carbocycles. The van der Waals surface area contributed by atoms with Gasteiger partial charge in [-0.1, -0.05) is 6.92 Å². The van der Waals surface area contributed by atoms with Gasteiger partial charge in [0.15, 0.2) is 5.69 Å². The van der Waals surface area contributed by atoms with Crippen LogP contribution in [0.1, 0.15) is 30.3 Å². The summed E-state index contributed by atoms with van der Waals surface area (Å²) in [6, 6.07) is 7.73. The molecule has 2 atom stereocenters. The number of nitrogens with zero attached hydrogens (tertiary/aromatic N) is 4. The highest BCUT2D eigenvalue weighted by atomic mass is 16.6. The molecule has 1 aliphatic heterocycles. The lowest BCUT2D eigenvalue weighted by Crippen LogP contribution is -2.49. The fourth-order valence-corrected chi connectivity index (χ4v) is 3.20. The maximum atomic E-state index is 12.8. The van der Waals surface area contributed by atoms with E-state index in [0.717, 1.165) is 12.8 Å². The smallest absolute Gasteiger partial charge is 0.274 e. The van der Waals surface area contributed by atoms with E-state index in [-0.39, 0.29) is 17.6 Å². The second-order valence-corrected chi connectivity index (χ2v) is 6.44. The van der Waals surface area contributed by atoms with E-state index >= 15 is 0 Å². The molecule has 3 rings (SSSR count). The monoisotopic (exact) mass is 343 g/mol. The number of amides is 1. The third-order valence-corrected chi connectivity index (χ3v) is 4.64. The largest absolute Gasteiger partial charge is 0.333 e. The zero-order valence-corrected chi connectivity index (χ0v) is 14.0. The summed E-state index contributed by atoms with van der Waals surface area (Å²) in [6.45, 7) is 3.30. The highest BCUT2D eigenvalue weighted by molar-refractivity contribution is 5.92. The summed E-state index contributed by atoms with van der Waals surface area (Å²) in [4.78, 5) is 24.8. The highest BCUT2D eigenvalue weighted by Crippen LogP contribution is 2.23. The van der Waals surface area contributed by atoms with Crippen molar-refractivity contribution in [3.8, 4) is 5.69 Å².